The number of H-pyrrole nitrogens is 1. The molecule has 3 heteroatoms. The highest BCUT2D eigenvalue weighted by molar-refractivity contribution is 5.70. The molecule has 0 atom stereocenters. The van der Waals surface area contributed by atoms with E-state index in [1.54, 1.807) is 12.1 Å². The Bertz CT molecular complexity index is 480. The minimum atomic E-state index is -0.465. The van der Waals surface area contributed by atoms with Crippen LogP contribution in [0.5, 0.6) is 0 Å². The largest absolute Gasteiger partial charge is 0.337 e. The second-order valence-electron chi connectivity index (χ2n) is 2.87. The Morgan fingerprint density at radius 1 is 1.21 bits per heavy atom. The van der Waals surface area contributed by atoms with Gasteiger partial charge in [0.25, 0.3) is 0 Å². The predicted molar refractivity (Wildman–Crippen MR) is 50.9 cm³/mol. The van der Waals surface area contributed by atoms with Crippen molar-refractivity contribution in [1.29, 1.82) is 5.26 Å². The van der Waals surface area contributed by atoms with Gasteiger partial charge in [0.05, 0.1) is 11.1 Å². The van der Waals surface area contributed by atoms with Gasteiger partial charge in [0, 0.05) is 6.20 Å². The van der Waals surface area contributed by atoms with Gasteiger partial charge in [-0.05, 0) is 5.56 Å². The van der Waals surface area contributed by atoms with Gasteiger partial charge in [0.2, 0.25) is 0 Å². The smallest absolute Gasteiger partial charge is 0.200 e. The van der Waals surface area contributed by atoms with Gasteiger partial charge in [0.15, 0.2) is 5.95 Å². The van der Waals surface area contributed by atoms with Crippen molar-refractivity contribution in [2.45, 2.75) is 0 Å². The molecule has 1 aromatic heterocycles. The topological polar surface area (TPSA) is 39.6 Å². The number of halogens is 1. The normalized spacial score (nSPS) is 9.71. The van der Waals surface area contributed by atoms with Crippen LogP contribution in [0.3, 0.4) is 0 Å². The number of hydrogen-bond donors (Lipinski definition) is 1. The summed E-state index contributed by atoms with van der Waals surface area (Å²) in [7, 11) is 0. The van der Waals surface area contributed by atoms with Crippen LogP contribution in [0.25, 0.3) is 11.1 Å². The molecule has 0 spiro atoms. The Morgan fingerprint density at radius 2 is 1.93 bits per heavy atom. The molecule has 0 aliphatic carbocycles. The van der Waals surface area contributed by atoms with Crippen LogP contribution >= 0.6 is 0 Å². The Balaban J connectivity index is 2.63. The SMILES string of the molecule is N#Cc1c[nH]c(F)c1-c1ccccc1. The quantitative estimate of drug-likeness (QED) is 0.730. The van der Waals surface area contributed by atoms with Crippen molar-refractivity contribution in [2.24, 2.45) is 0 Å². The Kier molecular flexibility index (Phi) is 2.04. The van der Waals surface area contributed by atoms with Gasteiger partial charge >= 0.3 is 0 Å². The molecule has 1 heterocycles. The Labute approximate surface area is 80.6 Å². The van der Waals surface area contributed by atoms with E-state index >= 15 is 0 Å². The number of hydrogen-bond acceptors (Lipinski definition) is 1. The molecule has 0 radical (unpaired) electrons. The molecule has 0 bridgehead atoms. The zero-order chi connectivity index (χ0) is 9.97. The first kappa shape index (κ1) is 8.52. The highest BCUT2D eigenvalue weighted by atomic mass is 19.1. The van der Waals surface area contributed by atoms with E-state index in [9.17, 15) is 4.39 Å². The molecule has 1 N–H and O–H groups in total. The van der Waals surface area contributed by atoms with E-state index in [1.165, 1.54) is 6.20 Å². The van der Waals surface area contributed by atoms with Crippen LogP contribution in [-0.4, -0.2) is 4.98 Å². The van der Waals surface area contributed by atoms with E-state index in [1.807, 2.05) is 24.3 Å². The summed E-state index contributed by atoms with van der Waals surface area (Å²) in [5.41, 5.74) is 1.38. The summed E-state index contributed by atoms with van der Waals surface area (Å²) in [4.78, 5) is 2.40. The fourth-order valence-corrected chi connectivity index (χ4v) is 1.37. The highest BCUT2D eigenvalue weighted by Gasteiger charge is 2.11. The first-order valence-corrected chi connectivity index (χ1v) is 4.15. The second kappa shape index (κ2) is 3.35. The third-order valence-electron chi connectivity index (χ3n) is 2.01. The van der Waals surface area contributed by atoms with Crippen LogP contribution in [0.1, 0.15) is 5.56 Å². The number of nitrogens with one attached hydrogen (secondary N) is 1. The average molecular weight is 186 g/mol. The third-order valence-corrected chi connectivity index (χ3v) is 2.01. The van der Waals surface area contributed by atoms with E-state index in [0.29, 0.717) is 16.7 Å². The Morgan fingerprint density at radius 3 is 2.57 bits per heavy atom. The van der Waals surface area contributed by atoms with Crippen LogP contribution < -0.4 is 0 Å². The summed E-state index contributed by atoms with van der Waals surface area (Å²) in [6, 6.07) is 10.9. The number of nitriles is 1. The molecule has 0 aliphatic heterocycles. The summed E-state index contributed by atoms with van der Waals surface area (Å²) >= 11 is 0. The number of aromatic amines is 1. The summed E-state index contributed by atoms with van der Waals surface area (Å²) < 4.78 is 13.3. The van der Waals surface area contributed by atoms with E-state index in [2.05, 4.69) is 4.98 Å². The molecular weight excluding hydrogens is 179 g/mol. The Hall–Kier alpha value is -2.08. The standard InChI is InChI=1S/C11H7FN2/c12-11-10(9(6-13)7-14-11)8-4-2-1-3-5-8/h1-5,7,14H. The molecule has 68 valence electrons. The van der Waals surface area contributed by atoms with Crippen LogP contribution in [0.15, 0.2) is 36.5 Å². The lowest BCUT2D eigenvalue weighted by Crippen LogP contribution is -1.81. The van der Waals surface area contributed by atoms with Crippen LogP contribution in [0.4, 0.5) is 4.39 Å². The maximum atomic E-state index is 13.3. The zero-order valence-corrected chi connectivity index (χ0v) is 7.29. The molecule has 1 aromatic carbocycles. The maximum absolute atomic E-state index is 13.3. The molecule has 14 heavy (non-hydrogen) atoms. The van der Waals surface area contributed by atoms with Crippen molar-refractivity contribution in [3.8, 4) is 17.2 Å². The fraction of sp³-hybridized carbons (Fsp3) is 0. The number of aromatic nitrogens is 1. The molecule has 0 saturated heterocycles. The molecular formula is C11H7FN2. The summed E-state index contributed by atoms with van der Waals surface area (Å²) in [5, 5.41) is 8.76. The molecule has 2 rings (SSSR count). The molecule has 2 nitrogen and oxygen atoms in total. The summed E-state index contributed by atoms with van der Waals surface area (Å²) in [6.45, 7) is 0. The van der Waals surface area contributed by atoms with Crippen molar-refractivity contribution in [1.82, 2.24) is 4.98 Å². The second-order valence-corrected chi connectivity index (χ2v) is 2.87. The minimum Gasteiger partial charge on any atom is -0.337 e. The maximum Gasteiger partial charge on any atom is 0.200 e. The van der Waals surface area contributed by atoms with Gasteiger partial charge < -0.3 is 4.98 Å². The van der Waals surface area contributed by atoms with Gasteiger partial charge in [-0.15, -0.1) is 0 Å². The first-order chi connectivity index (χ1) is 6.83. The lowest BCUT2D eigenvalue weighted by molar-refractivity contribution is 0.595. The van der Waals surface area contributed by atoms with Gasteiger partial charge in [-0.3, -0.25) is 0 Å². The molecule has 0 amide bonds. The first-order valence-electron chi connectivity index (χ1n) is 4.15. The van der Waals surface area contributed by atoms with Gasteiger partial charge in [-0.25, -0.2) is 0 Å². The van der Waals surface area contributed by atoms with Crippen molar-refractivity contribution < 1.29 is 4.39 Å². The summed E-state index contributed by atoms with van der Waals surface area (Å²) in [5.74, 6) is -0.465. The lowest BCUT2D eigenvalue weighted by Gasteiger charge is -1.97. The zero-order valence-electron chi connectivity index (χ0n) is 7.29. The number of rotatable bonds is 1. The van der Waals surface area contributed by atoms with E-state index in [-0.39, 0.29) is 0 Å². The minimum absolute atomic E-state index is 0.328. The van der Waals surface area contributed by atoms with Crippen LogP contribution in [-0.2, 0) is 0 Å². The van der Waals surface area contributed by atoms with Crippen LogP contribution in [0.2, 0.25) is 0 Å². The highest BCUT2D eigenvalue weighted by Crippen LogP contribution is 2.25. The fourth-order valence-electron chi connectivity index (χ4n) is 1.37. The van der Waals surface area contributed by atoms with Gasteiger partial charge in [0.1, 0.15) is 6.07 Å². The van der Waals surface area contributed by atoms with Crippen molar-refractivity contribution in [3.63, 3.8) is 0 Å². The predicted octanol–water partition coefficient (Wildman–Crippen LogP) is 2.69. The van der Waals surface area contributed by atoms with E-state index in [0.717, 1.165) is 0 Å². The molecule has 0 fully saturated rings. The molecule has 0 unspecified atom stereocenters. The van der Waals surface area contributed by atoms with Gasteiger partial charge in [-0.1, -0.05) is 30.3 Å². The average Bonchev–Trinajstić information content (AvgIpc) is 2.61. The summed E-state index contributed by atoms with van der Waals surface area (Å²) in [6.07, 6.45) is 1.37. The monoisotopic (exact) mass is 186 g/mol. The van der Waals surface area contributed by atoms with E-state index < -0.39 is 5.95 Å². The molecule has 0 saturated carbocycles. The van der Waals surface area contributed by atoms with E-state index in [4.69, 9.17) is 5.26 Å². The van der Waals surface area contributed by atoms with Crippen molar-refractivity contribution >= 4 is 0 Å². The molecule has 0 aliphatic rings. The van der Waals surface area contributed by atoms with Crippen LogP contribution in [0, 0.1) is 17.3 Å². The lowest BCUT2D eigenvalue weighted by atomic mass is 10.1. The third kappa shape index (κ3) is 1.27. The van der Waals surface area contributed by atoms with Crippen molar-refractivity contribution in [3.05, 3.63) is 48.0 Å². The number of benzene rings is 1. The van der Waals surface area contributed by atoms with Gasteiger partial charge in [-0.2, -0.15) is 9.65 Å². The number of nitrogens with zero attached hydrogens (tertiary/aromatic N) is 1. The van der Waals surface area contributed by atoms with Crippen molar-refractivity contribution in [2.75, 3.05) is 0 Å². The molecule has 2 aromatic rings.